The Kier molecular flexibility index (Phi) is 11.3. The molecule has 0 spiro atoms. The molecule has 0 saturated heterocycles. The number of ether oxygens (including phenoxy) is 1. The Hall–Kier alpha value is -10.3. The van der Waals surface area contributed by atoms with Crippen LogP contribution in [0, 0.1) is 0 Å². The first-order valence-electron chi connectivity index (χ1n) is 30.4. The molecule has 3 aromatic heterocycles. The average molecular weight is 1110 g/mol. The summed E-state index contributed by atoms with van der Waals surface area (Å²) in [4.78, 5) is 2.63. The minimum Gasteiger partial charge on any atom is -0.458 e. The summed E-state index contributed by atoms with van der Waals surface area (Å²) in [6, 6.07) is 94.1. The fourth-order valence-corrected chi connectivity index (χ4v) is 14.4. The number of hydrogen-bond donors (Lipinski definition) is 0. The van der Waals surface area contributed by atoms with E-state index in [1.807, 2.05) is 0 Å². The number of aromatic nitrogens is 2. The van der Waals surface area contributed by atoms with Gasteiger partial charge in [0.1, 0.15) is 22.7 Å². The van der Waals surface area contributed by atoms with Crippen LogP contribution in [0.1, 0.15) is 51.7 Å². The second kappa shape index (κ2) is 19.4. The van der Waals surface area contributed by atoms with Crippen LogP contribution >= 0.6 is 0 Å². The van der Waals surface area contributed by atoms with Crippen LogP contribution in [-0.2, 0) is 11.8 Å². The third-order valence-corrected chi connectivity index (χ3v) is 18.5. The molecule has 0 N–H and O–H groups in total. The molecule has 0 amide bonds. The highest BCUT2D eigenvalue weighted by Crippen LogP contribution is 2.52. The van der Waals surface area contributed by atoms with Gasteiger partial charge in [0, 0.05) is 72.3 Å². The van der Waals surface area contributed by atoms with Crippen molar-refractivity contribution in [2.45, 2.75) is 52.4 Å². The molecule has 12 aromatic carbocycles. The third-order valence-electron chi connectivity index (χ3n) is 18.5. The highest BCUT2D eigenvalue weighted by molar-refractivity contribution is 6.99. The molecule has 6 heteroatoms. The number of hydrogen-bond acceptors (Lipinski definition) is 3. The van der Waals surface area contributed by atoms with E-state index in [0.717, 1.165) is 120 Å². The topological polar surface area (TPSA) is 35.5 Å². The molecule has 5 heterocycles. The molecular weight excluding hydrogens is 1050 g/mol. The Morgan fingerprint density at radius 3 is 1.58 bits per heavy atom. The van der Waals surface area contributed by atoms with Crippen LogP contribution in [0.2, 0.25) is 0 Å². The van der Waals surface area contributed by atoms with E-state index in [2.05, 4.69) is 297 Å². The molecule has 17 rings (SSSR count). The average Bonchev–Trinajstić information content (AvgIpc) is 0.753. The van der Waals surface area contributed by atoms with Crippen molar-refractivity contribution in [1.82, 2.24) is 9.13 Å². The first-order valence-corrected chi connectivity index (χ1v) is 30.4. The van der Waals surface area contributed by atoms with Gasteiger partial charge in [-0.25, -0.2) is 0 Å². The molecule has 86 heavy (non-hydrogen) atoms. The summed E-state index contributed by atoms with van der Waals surface area (Å²) in [5.74, 6) is 1.75. The molecule has 0 unspecified atom stereocenters. The number of aryl methyl sites for hydroxylation is 1. The Bertz CT molecular complexity index is 5240. The summed E-state index contributed by atoms with van der Waals surface area (Å²) in [6.45, 7) is 9.11. The van der Waals surface area contributed by atoms with E-state index in [0.29, 0.717) is 0 Å². The Morgan fingerprint density at radius 1 is 0.419 bits per heavy atom. The smallest absolute Gasteiger partial charge is 0.256 e. The van der Waals surface area contributed by atoms with Crippen molar-refractivity contribution in [3.8, 4) is 56.3 Å². The maximum Gasteiger partial charge on any atom is 0.256 e. The molecule has 15 aromatic rings. The summed E-state index contributed by atoms with van der Waals surface area (Å²) in [5.41, 5.74) is 24.8. The highest BCUT2D eigenvalue weighted by Gasteiger charge is 2.44. The van der Waals surface area contributed by atoms with E-state index in [1.165, 1.54) is 65.9 Å². The molecule has 2 aliphatic rings. The first kappa shape index (κ1) is 50.2. The number of furan rings is 1. The maximum absolute atomic E-state index is 7.58. The van der Waals surface area contributed by atoms with E-state index in [4.69, 9.17) is 9.15 Å². The van der Waals surface area contributed by atoms with Gasteiger partial charge in [0.05, 0.1) is 27.8 Å². The SMILES string of the molecule is CCCCc1c(N2c3cc(-n4c5ccccc5c5cc(-c6ccccc6)ccc54)ccc3B3c4ccc(-n5c6ccccc6c6cc(-c7ccccc7)ccc65)cc4Oc4cc(C(C)(C)C)cc2c43)c(-c2ccccc2)cc2c1oc1ccccc12. The Balaban J connectivity index is 0.950. The van der Waals surface area contributed by atoms with Crippen molar-refractivity contribution < 1.29 is 9.15 Å². The van der Waals surface area contributed by atoms with Crippen LogP contribution in [0.4, 0.5) is 17.1 Å². The van der Waals surface area contributed by atoms with Gasteiger partial charge >= 0.3 is 0 Å². The molecule has 0 bridgehead atoms. The molecule has 2 aliphatic heterocycles. The lowest BCUT2D eigenvalue weighted by atomic mass is 9.34. The minimum atomic E-state index is -0.237. The highest BCUT2D eigenvalue weighted by atomic mass is 16.5. The standard InChI is InChI=1S/C80H60BN3O2/c1-5-6-28-61-78(62(52-26-14-9-15-27-52)49-65-60-31-18-21-34-74(60)86-79(61)65)84-72-47-56(82-68-32-19-16-29-58(68)63-43-53(35-41-70(63)82)50-22-10-7-11-23-50)37-39-66(72)81-67-40-38-57(48-75(67)85-76-46-55(80(2,3)4)45-73(84)77(76)81)83-69-33-20-17-30-59(69)64-44-54(36-42-71(64)83)51-24-12-8-13-25-51/h7-27,29-49H,5-6,28H2,1-4H3. The number of benzene rings is 12. The van der Waals surface area contributed by atoms with Gasteiger partial charge in [-0.3, -0.25) is 0 Å². The fourth-order valence-electron chi connectivity index (χ4n) is 14.4. The zero-order valence-electron chi connectivity index (χ0n) is 48.6. The van der Waals surface area contributed by atoms with Crippen molar-refractivity contribution in [3.05, 3.63) is 266 Å². The van der Waals surface area contributed by atoms with Gasteiger partial charge in [-0.1, -0.05) is 204 Å². The number of para-hydroxylation sites is 3. The van der Waals surface area contributed by atoms with Gasteiger partial charge in [-0.05, 0) is 147 Å². The van der Waals surface area contributed by atoms with E-state index < -0.39 is 0 Å². The van der Waals surface area contributed by atoms with Crippen molar-refractivity contribution in [2.24, 2.45) is 0 Å². The second-order valence-electron chi connectivity index (χ2n) is 24.6. The number of rotatable bonds is 9. The molecule has 0 radical (unpaired) electrons. The van der Waals surface area contributed by atoms with Gasteiger partial charge in [-0.15, -0.1) is 0 Å². The number of unbranched alkanes of at least 4 members (excludes halogenated alkanes) is 1. The minimum absolute atomic E-state index is 0.167. The van der Waals surface area contributed by atoms with Crippen LogP contribution in [0.25, 0.3) is 110 Å². The maximum atomic E-state index is 7.58. The molecule has 410 valence electrons. The van der Waals surface area contributed by atoms with Gasteiger partial charge in [0.15, 0.2) is 0 Å². The van der Waals surface area contributed by atoms with Crippen LogP contribution in [0.5, 0.6) is 11.5 Å². The van der Waals surface area contributed by atoms with Crippen LogP contribution < -0.4 is 26.0 Å². The van der Waals surface area contributed by atoms with Gasteiger partial charge in [0.25, 0.3) is 6.71 Å². The lowest BCUT2D eigenvalue weighted by Gasteiger charge is -2.42. The fraction of sp³-hybridized carbons (Fsp3) is 0.100. The van der Waals surface area contributed by atoms with E-state index in [-0.39, 0.29) is 12.1 Å². The number of anilines is 3. The lowest BCUT2D eigenvalue weighted by molar-refractivity contribution is 0.483. The molecule has 0 atom stereocenters. The summed E-state index contributed by atoms with van der Waals surface area (Å²) >= 11 is 0. The Labute approximate surface area is 500 Å². The predicted molar refractivity (Wildman–Crippen MR) is 362 cm³/mol. The van der Waals surface area contributed by atoms with Gasteiger partial charge in [0.2, 0.25) is 0 Å². The molecule has 0 saturated carbocycles. The first-order chi connectivity index (χ1) is 42.3. The number of nitrogens with zero attached hydrogens (tertiary/aromatic N) is 3. The summed E-state index contributed by atoms with van der Waals surface area (Å²) in [6.07, 6.45) is 2.85. The van der Waals surface area contributed by atoms with Crippen LogP contribution in [0.3, 0.4) is 0 Å². The Morgan fingerprint density at radius 2 is 0.965 bits per heavy atom. The molecular formula is C80H60BN3O2. The summed E-state index contributed by atoms with van der Waals surface area (Å²) in [7, 11) is 0. The van der Waals surface area contributed by atoms with Crippen molar-refractivity contribution in [3.63, 3.8) is 0 Å². The molecule has 5 nitrogen and oxygen atoms in total. The van der Waals surface area contributed by atoms with E-state index >= 15 is 0 Å². The zero-order chi connectivity index (χ0) is 57.4. The monoisotopic (exact) mass is 1110 g/mol. The van der Waals surface area contributed by atoms with Crippen LogP contribution in [-0.4, -0.2) is 15.8 Å². The predicted octanol–water partition coefficient (Wildman–Crippen LogP) is 19.8. The van der Waals surface area contributed by atoms with Crippen molar-refractivity contribution in [1.29, 1.82) is 0 Å². The largest absolute Gasteiger partial charge is 0.458 e. The number of fused-ring (bicyclic) bond motifs is 13. The zero-order valence-corrected chi connectivity index (χ0v) is 48.6. The van der Waals surface area contributed by atoms with Crippen LogP contribution in [0.15, 0.2) is 259 Å². The van der Waals surface area contributed by atoms with Crippen molar-refractivity contribution in [2.75, 3.05) is 4.90 Å². The third kappa shape index (κ3) is 7.72. The second-order valence-corrected chi connectivity index (χ2v) is 24.6. The van der Waals surface area contributed by atoms with E-state index in [9.17, 15) is 0 Å². The lowest BCUT2D eigenvalue weighted by Crippen LogP contribution is -2.59. The van der Waals surface area contributed by atoms with Gasteiger partial charge < -0.3 is 23.2 Å². The summed E-state index contributed by atoms with van der Waals surface area (Å²) in [5, 5.41) is 7.14. The quantitative estimate of drug-likeness (QED) is 0.135. The molecule has 0 fully saturated rings. The summed E-state index contributed by atoms with van der Waals surface area (Å²) < 4.78 is 19.7. The van der Waals surface area contributed by atoms with E-state index in [1.54, 1.807) is 0 Å². The van der Waals surface area contributed by atoms with Crippen molar-refractivity contribution >= 4 is 106 Å². The normalized spacial score (nSPS) is 12.8. The van der Waals surface area contributed by atoms with Gasteiger partial charge in [-0.2, -0.15) is 0 Å². The molecule has 0 aliphatic carbocycles.